The van der Waals surface area contributed by atoms with Crippen molar-refractivity contribution in [3.63, 3.8) is 0 Å². The summed E-state index contributed by atoms with van der Waals surface area (Å²) >= 11 is 0. The average molecular weight is 352 g/mol. The molecule has 0 atom stereocenters. The zero-order chi connectivity index (χ0) is 18.6. The molecule has 0 saturated heterocycles. The topological polar surface area (TPSA) is 35.5 Å². The van der Waals surface area contributed by atoms with Crippen molar-refractivity contribution >= 4 is 5.97 Å². The Morgan fingerprint density at radius 2 is 1.35 bits per heavy atom. The first-order valence-electron chi connectivity index (χ1n) is 9.52. The van der Waals surface area contributed by atoms with E-state index in [1.54, 1.807) is 7.11 Å². The molecule has 1 saturated carbocycles. The van der Waals surface area contributed by atoms with Crippen LogP contribution in [-0.4, -0.2) is 13.1 Å². The van der Waals surface area contributed by atoms with Crippen molar-refractivity contribution in [2.24, 2.45) is 5.92 Å². The lowest BCUT2D eigenvalue weighted by atomic mass is 9.65. The Morgan fingerprint density at radius 1 is 0.846 bits per heavy atom. The van der Waals surface area contributed by atoms with E-state index in [4.69, 9.17) is 9.47 Å². The summed E-state index contributed by atoms with van der Waals surface area (Å²) in [4.78, 5) is 11.8. The van der Waals surface area contributed by atoms with Gasteiger partial charge in [-0.1, -0.05) is 57.4 Å². The van der Waals surface area contributed by atoms with Gasteiger partial charge in [0.2, 0.25) is 0 Å². The molecule has 1 aliphatic rings. The molecule has 0 unspecified atom stereocenters. The maximum Gasteiger partial charge on any atom is 0.313 e. The van der Waals surface area contributed by atoms with E-state index < -0.39 is 0 Å². The molecule has 2 aromatic rings. The molecule has 0 aliphatic heterocycles. The van der Waals surface area contributed by atoms with Crippen molar-refractivity contribution in [1.29, 1.82) is 0 Å². The van der Waals surface area contributed by atoms with E-state index >= 15 is 0 Å². The molecule has 0 aromatic heterocycles. The van der Waals surface area contributed by atoms with Crippen LogP contribution in [0.1, 0.15) is 57.1 Å². The monoisotopic (exact) mass is 352 g/mol. The Morgan fingerprint density at radius 3 is 1.81 bits per heavy atom. The summed E-state index contributed by atoms with van der Waals surface area (Å²) in [6.45, 7) is 3.69. The van der Waals surface area contributed by atoms with Gasteiger partial charge in [-0.15, -0.1) is 0 Å². The summed E-state index contributed by atoms with van der Waals surface area (Å²) in [7, 11) is 1.70. The van der Waals surface area contributed by atoms with Gasteiger partial charge in [0.05, 0.1) is 13.0 Å². The van der Waals surface area contributed by atoms with Crippen LogP contribution in [0.4, 0.5) is 0 Å². The molecular formula is C23H28O3. The lowest BCUT2D eigenvalue weighted by Gasteiger charge is -2.38. The van der Waals surface area contributed by atoms with E-state index in [0.717, 1.165) is 18.6 Å². The number of ether oxygens (including phenoxy) is 2. The lowest BCUT2D eigenvalue weighted by Crippen LogP contribution is -2.30. The number of hydrogen-bond donors (Lipinski definition) is 0. The number of carbonyl (C=O) groups excluding carboxylic acids is 1. The van der Waals surface area contributed by atoms with Crippen LogP contribution in [0.25, 0.3) is 0 Å². The molecule has 0 N–H and O–H groups in total. The second kappa shape index (κ2) is 7.94. The van der Waals surface area contributed by atoms with Gasteiger partial charge >= 0.3 is 5.97 Å². The molecule has 3 heteroatoms. The fourth-order valence-corrected chi connectivity index (χ4v) is 3.89. The van der Waals surface area contributed by atoms with E-state index in [1.807, 2.05) is 38.1 Å². The second-order valence-electron chi connectivity index (χ2n) is 7.47. The molecule has 2 aromatic carbocycles. The van der Waals surface area contributed by atoms with E-state index in [0.29, 0.717) is 5.75 Å². The summed E-state index contributed by atoms with van der Waals surface area (Å²) < 4.78 is 10.8. The Labute approximate surface area is 156 Å². The highest BCUT2D eigenvalue weighted by atomic mass is 16.5. The highest BCUT2D eigenvalue weighted by molar-refractivity contribution is 5.74. The van der Waals surface area contributed by atoms with Crippen LogP contribution in [0.5, 0.6) is 11.5 Å². The molecule has 0 heterocycles. The fraction of sp³-hybridized carbons (Fsp3) is 0.435. The van der Waals surface area contributed by atoms with Crippen LogP contribution < -0.4 is 9.47 Å². The van der Waals surface area contributed by atoms with Crippen molar-refractivity contribution in [2.75, 3.05) is 7.11 Å². The first-order chi connectivity index (χ1) is 12.5. The second-order valence-corrected chi connectivity index (χ2v) is 7.47. The van der Waals surface area contributed by atoms with Gasteiger partial charge in [-0.25, -0.2) is 0 Å². The van der Waals surface area contributed by atoms with Crippen LogP contribution in [0.3, 0.4) is 0 Å². The molecule has 3 rings (SSSR count). The molecule has 0 spiro atoms. The highest BCUT2D eigenvalue weighted by Gasteiger charge is 2.35. The average Bonchev–Trinajstić information content (AvgIpc) is 2.69. The summed E-state index contributed by atoms with van der Waals surface area (Å²) in [6, 6.07) is 16.6. The third kappa shape index (κ3) is 3.77. The molecule has 1 aliphatic carbocycles. The first-order valence-corrected chi connectivity index (χ1v) is 9.52. The van der Waals surface area contributed by atoms with Gasteiger partial charge in [0.15, 0.2) is 0 Å². The van der Waals surface area contributed by atoms with Gasteiger partial charge in [0.25, 0.3) is 0 Å². The van der Waals surface area contributed by atoms with E-state index in [2.05, 4.69) is 24.3 Å². The lowest BCUT2D eigenvalue weighted by molar-refractivity contribution is -0.137. The van der Waals surface area contributed by atoms with Crippen LogP contribution >= 0.6 is 0 Å². The van der Waals surface area contributed by atoms with Gasteiger partial charge in [-0.2, -0.15) is 0 Å². The van der Waals surface area contributed by atoms with Gasteiger partial charge in [0.1, 0.15) is 11.5 Å². The quantitative estimate of drug-likeness (QED) is 0.526. The third-order valence-electron chi connectivity index (χ3n) is 5.45. The van der Waals surface area contributed by atoms with Gasteiger partial charge in [-0.05, 0) is 48.2 Å². The fourth-order valence-electron chi connectivity index (χ4n) is 3.89. The standard InChI is InChI=1S/C23H28O3/c1-17(2)22(24)26-21-13-9-19(10-14-21)23(15-5-4-6-16-23)18-7-11-20(25-3)12-8-18/h7-14,17H,4-6,15-16H2,1-3H3. The number of rotatable bonds is 5. The Bertz CT molecular complexity index is 723. The third-order valence-corrected chi connectivity index (χ3v) is 5.45. The van der Waals surface area contributed by atoms with Crippen molar-refractivity contribution < 1.29 is 14.3 Å². The Hall–Kier alpha value is -2.29. The summed E-state index contributed by atoms with van der Waals surface area (Å²) in [5.74, 6) is 1.18. The highest BCUT2D eigenvalue weighted by Crippen LogP contribution is 2.45. The minimum Gasteiger partial charge on any atom is -0.497 e. The zero-order valence-corrected chi connectivity index (χ0v) is 16.0. The van der Waals surface area contributed by atoms with Crippen LogP contribution in [-0.2, 0) is 10.2 Å². The minimum absolute atomic E-state index is 0.0328. The van der Waals surface area contributed by atoms with Crippen LogP contribution in [0.2, 0.25) is 0 Å². The predicted octanol–water partition coefficient (Wildman–Crippen LogP) is 5.51. The normalized spacial score (nSPS) is 16.3. The van der Waals surface area contributed by atoms with Gasteiger partial charge in [-0.3, -0.25) is 4.79 Å². The van der Waals surface area contributed by atoms with E-state index in [9.17, 15) is 4.79 Å². The summed E-state index contributed by atoms with van der Waals surface area (Å²) in [5, 5.41) is 0. The summed E-state index contributed by atoms with van der Waals surface area (Å²) in [6.07, 6.45) is 6.04. The van der Waals surface area contributed by atoms with Crippen LogP contribution in [0, 0.1) is 5.92 Å². The molecule has 26 heavy (non-hydrogen) atoms. The predicted molar refractivity (Wildman–Crippen MR) is 104 cm³/mol. The maximum atomic E-state index is 11.8. The van der Waals surface area contributed by atoms with Crippen molar-refractivity contribution in [3.05, 3.63) is 59.7 Å². The molecule has 0 radical (unpaired) electrons. The van der Waals surface area contributed by atoms with Crippen molar-refractivity contribution in [2.45, 2.75) is 51.4 Å². The zero-order valence-electron chi connectivity index (χ0n) is 16.0. The Balaban J connectivity index is 1.91. The molecule has 0 bridgehead atoms. The largest absolute Gasteiger partial charge is 0.497 e. The molecule has 3 nitrogen and oxygen atoms in total. The summed E-state index contributed by atoms with van der Waals surface area (Å²) in [5.41, 5.74) is 2.67. The van der Waals surface area contributed by atoms with E-state index in [-0.39, 0.29) is 17.3 Å². The number of methoxy groups -OCH3 is 1. The van der Waals surface area contributed by atoms with E-state index in [1.165, 1.54) is 30.4 Å². The van der Waals surface area contributed by atoms with Crippen LogP contribution in [0.15, 0.2) is 48.5 Å². The van der Waals surface area contributed by atoms with Gasteiger partial charge < -0.3 is 9.47 Å². The smallest absolute Gasteiger partial charge is 0.313 e. The number of hydrogen-bond acceptors (Lipinski definition) is 3. The van der Waals surface area contributed by atoms with Crippen molar-refractivity contribution in [3.8, 4) is 11.5 Å². The molecular weight excluding hydrogens is 324 g/mol. The molecule has 138 valence electrons. The Kier molecular flexibility index (Phi) is 5.65. The minimum atomic E-state index is -0.194. The SMILES string of the molecule is COc1ccc(C2(c3ccc(OC(=O)C(C)C)cc3)CCCCC2)cc1. The number of benzene rings is 2. The van der Waals surface area contributed by atoms with Gasteiger partial charge in [0, 0.05) is 5.41 Å². The maximum absolute atomic E-state index is 11.8. The first kappa shape index (κ1) is 18.5. The molecule has 0 amide bonds. The number of esters is 1. The van der Waals surface area contributed by atoms with Crippen molar-refractivity contribution in [1.82, 2.24) is 0 Å². The number of carbonyl (C=O) groups is 1. The molecule has 1 fully saturated rings.